The monoisotopic (exact) mass is 453 g/mol. The molecule has 1 amide bonds. The van der Waals surface area contributed by atoms with E-state index in [0.717, 1.165) is 10.4 Å². The van der Waals surface area contributed by atoms with Crippen LogP contribution in [-0.4, -0.2) is 27.3 Å². The summed E-state index contributed by atoms with van der Waals surface area (Å²) in [4.78, 5) is 31.2. The van der Waals surface area contributed by atoms with Crippen LogP contribution < -0.4 is 5.32 Å². The second-order valence-corrected chi connectivity index (χ2v) is 8.32. The van der Waals surface area contributed by atoms with Crippen molar-refractivity contribution < 1.29 is 14.0 Å². The lowest BCUT2D eigenvalue weighted by Crippen LogP contribution is -2.43. The number of amides is 1. The lowest BCUT2D eigenvalue weighted by atomic mass is 10.0. The first kappa shape index (κ1) is 21.0. The Morgan fingerprint density at radius 1 is 1.10 bits per heavy atom. The number of thiophene rings is 1. The van der Waals surface area contributed by atoms with Crippen LogP contribution in [0.3, 0.4) is 0 Å². The molecule has 1 unspecified atom stereocenters. The smallest absolute Gasteiger partial charge is 0.262 e. The Morgan fingerprint density at radius 3 is 2.58 bits per heavy atom. The van der Waals surface area contributed by atoms with E-state index in [1.165, 1.54) is 35.9 Å². The normalized spacial score (nSPS) is 11.8. The summed E-state index contributed by atoms with van der Waals surface area (Å²) in [6.45, 7) is 0.133. The molecule has 5 nitrogen and oxygen atoms in total. The molecule has 0 spiro atoms. The van der Waals surface area contributed by atoms with Gasteiger partial charge in [-0.2, -0.15) is 0 Å². The number of carbonyl (C=O) groups is 2. The number of hydrogen-bond acceptors (Lipinski definition) is 4. The second kappa shape index (κ2) is 9.24. The Hall–Kier alpha value is -3.29. The Morgan fingerprint density at radius 2 is 1.87 bits per heavy atom. The Kier molecular flexibility index (Phi) is 6.25. The van der Waals surface area contributed by atoms with Crippen molar-refractivity contribution in [3.63, 3.8) is 0 Å². The maximum atomic E-state index is 14.2. The summed E-state index contributed by atoms with van der Waals surface area (Å²) >= 11 is 7.24. The summed E-state index contributed by atoms with van der Waals surface area (Å²) in [5.74, 6) is -1.53. The summed E-state index contributed by atoms with van der Waals surface area (Å²) < 4.78 is 15.9. The van der Waals surface area contributed by atoms with Gasteiger partial charge in [0.2, 0.25) is 0 Å². The zero-order chi connectivity index (χ0) is 21.8. The van der Waals surface area contributed by atoms with Crippen molar-refractivity contribution in [3.05, 3.63) is 101 Å². The van der Waals surface area contributed by atoms with Gasteiger partial charge in [0, 0.05) is 22.3 Å². The Bertz CT molecular complexity index is 1210. The molecule has 0 radical (unpaired) electrons. The van der Waals surface area contributed by atoms with Crippen molar-refractivity contribution >= 4 is 34.6 Å². The molecule has 1 atom stereocenters. The van der Waals surface area contributed by atoms with E-state index in [4.69, 9.17) is 11.6 Å². The predicted octanol–water partition coefficient (Wildman–Crippen LogP) is 5.09. The number of carbonyl (C=O) groups excluding carboxylic acids is 2. The number of nitrogens with zero attached hydrogens (tertiary/aromatic N) is 2. The van der Waals surface area contributed by atoms with Crippen LogP contribution in [0.25, 0.3) is 10.4 Å². The lowest BCUT2D eigenvalue weighted by Gasteiger charge is -2.18. The number of ketones is 1. The van der Waals surface area contributed by atoms with E-state index < -0.39 is 23.5 Å². The molecule has 0 aliphatic rings. The highest BCUT2D eigenvalue weighted by Crippen LogP contribution is 2.29. The van der Waals surface area contributed by atoms with Gasteiger partial charge in [0.05, 0.1) is 23.3 Å². The van der Waals surface area contributed by atoms with Crippen LogP contribution in [0.4, 0.5) is 4.39 Å². The molecule has 4 aromatic rings. The zero-order valence-electron chi connectivity index (χ0n) is 16.2. The first-order chi connectivity index (χ1) is 15.0. The Balaban J connectivity index is 1.56. The quantitative estimate of drug-likeness (QED) is 0.396. The van der Waals surface area contributed by atoms with E-state index in [0.29, 0.717) is 9.90 Å². The van der Waals surface area contributed by atoms with E-state index in [2.05, 4.69) is 10.3 Å². The number of benzene rings is 2. The Labute approximate surface area is 187 Å². The van der Waals surface area contributed by atoms with Gasteiger partial charge in [0.1, 0.15) is 11.9 Å². The standard InChI is InChI=1S/C23H17ClFN3O2S/c24-16-7-5-15(6-8-16)20-9-10-21(31-20)23(30)27-19(13-28-12-11-26-14-28)22(29)17-3-1-2-4-18(17)25/h1-12,14,19H,13H2,(H,27,30). The molecule has 8 heteroatoms. The fourth-order valence-electron chi connectivity index (χ4n) is 3.11. The van der Waals surface area contributed by atoms with Gasteiger partial charge >= 0.3 is 0 Å². The third kappa shape index (κ3) is 4.90. The van der Waals surface area contributed by atoms with Crippen LogP contribution in [-0.2, 0) is 6.54 Å². The van der Waals surface area contributed by atoms with E-state index in [9.17, 15) is 14.0 Å². The lowest BCUT2D eigenvalue weighted by molar-refractivity contribution is 0.0847. The van der Waals surface area contributed by atoms with Crippen LogP contribution in [0.5, 0.6) is 0 Å². The zero-order valence-corrected chi connectivity index (χ0v) is 17.7. The average Bonchev–Trinajstić information content (AvgIpc) is 3.46. The molecule has 0 saturated heterocycles. The molecule has 1 N–H and O–H groups in total. The molecular formula is C23H17ClFN3O2S. The SMILES string of the molecule is O=C(NC(Cn1ccnc1)C(=O)c1ccccc1F)c1ccc(-c2ccc(Cl)cc2)s1. The first-order valence-electron chi connectivity index (χ1n) is 9.42. The van der Waals surface area contributed by atoms with Gasteiger partial charge < -0.3 is 9.88 Å². The minimum Gasteiger partial charge on any atom is -0.339 e. The largest absolute Gasteiger partial charge is 0.339 e. The maximum Gasteiger partial charge on any atom is 0.262 e. The van der Waals surface area contributed by atoms with Crippen molar-refractivity contribution in [3.8, 4) is 10.4 Å². The molecular weight excluding hydrogens is 437 g/mol. The highest BCUT2D eigenvalue weighted by molar-refractivity contribution is 7.17. The molecule has 0 bridgehead atoms. The van der Waals surface area contributed by atoms with Crippen molar-refractivity contribution in [1.29, 1.82) is 0 Å². The molecule has 2 heterocycles. The van der Waals surface area contributed by atoms with E-state index >= 15 is 0 Å². The molecule has 0 fully saturated rings. The molecule has 2 aromatic heterocycles. The number of hydrogen-bond donors (Lipinski definition) is 1. The maximum absolute atomic E-state index is 14.2. The highest BCUT2D eigenvalue weighted by Gasteiger charge is 2.26. The van der Waals surface area contributed by atoms with E-state index in [-0.39, 0.29) is 12.1 Å². The first-order valence-corrected chi connectivity index (χ1v) is 10.6. The van der Waals surface area contributed by atoms with Gasteiger partial charge in [-0.1, -0.05) is 35.9 Å². The minimum atomic E-state index is -0.959. The van der Waals surface area contributed by atoms with E-state index in [1.807, 2.05) is 18.2 Å². The minimum absolute atomic E-state index is 0.0686. The average molecular weight is 454 g/mol. The number of imidazole rings is 1. The summed E-state index contributed by atoms with van der Waals surface area (Å²) in [6, 6.07) is 15.6. The predicted molar refractivity (Wildman–Crippen MR) is 119 cm³/mol. The summed E-state index contributed by atoms with van der Waals surface area (Å²) in [7, 11) is 0. The van der Waals surface area contributed by atoms with Crippen LogP contribution in [0.2, 0.25) is 5.02 Å². The number of nitrogens with one attached hydrogen (secondary N) is 1. The van der Waals surface area contributed by atoms with Gasteiger partial charge in [-0.05, 0) is 42.0 Å². The molecule has 0 saturated carbocycles. The molecule has 4 rings (SSSR count). The summed E-state index contributed by atoms with van der Waals surface area (Å²) in [6.07, 6.45) is 4.79. The third-order valence-corrected chi connectivity index (χ3v) is 6.06. The summed E-state index contributed by atoms with van der Waals surface area (Å²) in [5, 5.41) is 3.39. The molecule has 31 heavy (non-hydrogen) atoms. The van der Waals surface area contributed by atoms with Gasteiger partial charge in [-0.3, -0.25) is 9.59 Å². The topological polar surface area (TPSA) is 64.0 Å². The molecule has 0 aliphatic carbocycles. The van der Waals surface area contributed by atoms with Gasteiger partial charge in [-0.25, -0.2) is 9.37 Å². The molecule has 156 valence electrons. The van der Waals surface area contributed by atoms with Gasteiger partial charge in [-0.15, -0.1) is 11.3 Å². The van der Waals surface area contributed by atoms with Crippen LogP contribution >= 0.6 is 22.9 Å². The fraction of sp³-hybridized carbons (Fsp3) is 0.0870. The van der Waals surface area contributed by atoms with Crippen molar-refractivity contribution in [2.24, 2.45) is 0 Å². The molecule has 2 aromatic carbocycles. The van der Waals surface area contributed by atoms with E-state index in [1.54, 1.807) is 41.2 Å². The second-order valence-electron chi connectivity index (χ2n) is 6.80. The van der Waals surface area contributed by atoms with Crippen LogP contribution in [0, 0.1) is 5.82 Å². The number of halogens is 2. The number of rotatable bonds is 7. The van der Waals surface area contributed by atoms with Crippen molar-refractivity contribution in [2.75, 3.05) is 0 Å². The van der Waals surface area contributed by atoms with Crippen molar-refractivity contribution in [2.45, 2.75) is 12.6 Å². The van der Waals surface area contributed by atoms with Gasteiger partial charge in [0.15, 0.2) is 5.78 Å². The fourth-order valence-corrected chi connectivity index (χ4v) is 4.15. The van der Waals surface area contributed by atoms with Crippen LogP contribution in [0.1, 0.15) is 20.0 Å². The third-order valence-electron chi connectivity index (χ3n) is 4.67. The van der Waals surface area contributed by atoms with Crippen LogP contribution in [0.15, 0.2) is 79.4 Å². The summed E-state index contributed by atoms with van der Waals surface area (Å²) in [5.41, 5.74) is 0.867. The molecule has 0 aliphatic heterocycles. The number of aromatic nitrogens is 2. The highest BCUT2D eigenvalue weighted by atomic mass is 35.5. The number of Topliss-reactive ketones (excluding diaryl/α,β-unsaturated/α-hetero) is 1. The van der Waals surface area contributed by atoms with Crippen molar-refractivity contribution in [1.82, 2.24) is 14.9 Å². The van der Waals surface area contributed by atoms with Gasteiger partial charge in [0.25, 0.3) is 5.91 Å².